The number of urea groups is 1. The number of nitrogens with zero attached hydrogens (tertiary/aromatic N) is 1. The lowest BCUT2D eigenvalue weighted by Crippen LogP contribution is -2.40. The molecule has 1 aromatic carbocycles. The van der Waals surface area contributed by atoms with Crippen molar-refractivity contribution >= 4 is 29.8 Å². The summed E-state index contributed by atoms with van der Waals surface area (Å²) in [6.45, 7) is 0.0367. The third-order valence-electron chi connectivity index (χ3n) is 2.71. The van der Waals surface area contributed by atoms with E-state index in [2.05, 4.69) is 21.2 Å². The SMILES string of the molecule is O=C(CNC(=O)NCc1ccco1)NN=Cc1ccccc1Cl. The molecule has 1 heterocycles. The molecule has 0 bridgehead atoms. The molecule has 0 fully saturated rings. The average molecular weight is 335 g/mol. The number of hydrogen-bond donors (Lipinski definition) is 3. The molecule has 0 unspecified atom stereocenters. The zero-order valence-electron chi connectivity index (χ0n) is 12.1. The van der Waals surface area contributed by atoms with Crippen LogP contribution in [0, 0.1) is 0 Å². The maximum absolute atomic E-state index is 11.5. The molecule has 23 heavy (non-hydrogen) atoms. The van der Waals surface area contributed by atoms with E-state index in [-0.39, 0.29) is 13.1 Å². The maximum Gasteiger partial charge on any atom is 0.315 e. The summed E-state index contributed by atoms with van der Waals surface area (Å²) in [5.74, 6) is 0.162. The van der Waals surface area contributed by atoms with Crippen molar-refractivity contribution in [2.75, 3.05) is 6.54 Å². The fourth-order valence-electron chi connectivity index (χ4n) is 1.60. The molecule has 7 nitrogen and oxygen atoms in total. The lowest BCUT2D eigenvalue weighted by atomic mass is 10.2. The summed E-state index contributed by atoms with van der Waals surface area (Å²) in [5.41, 5.74) is 2.97. The molecular weight excluding hydrogens is 320 g/mol. The molecule has 0 atom stereocenters. The first-order chi connectivity index (χ1) is 11.1. The smallest absolute Gasteiger partial charge is 0.315 e. The van der Waals surface area contributed by atoms with Gasteiger partial charge in [0.2, 0.25) is 0 Å². The Bertz CT molecular complexity index is 686. The second kappa shape index (κ2) is 8.60. The highest BCUT2D eigenvalue weighted by Crippen LogP contribution is 2.11. The van der Waals surface area contributed by atoms with Crippen LogP contribution in [0.25, 0.3) is 0 Å². The number of benzene rings is 1. The van der Waals surface area contributed by atoms with E-state index >= 15 is 0 Å². The average Bonchev–Trinajstić information content (AvgIpc) is 3.06. The van der Waals surface area contributed by atoms with Crippen LogP contribution in [0.2, 0.25) is 5.02 Å². The van der Waals surface area contributed by atoms with Crippen molar-refractivity contribution in [3.8, 4) is 0 Å². The Morgan fingerprint density at radius 2 is 2.00 bits per heavy atom. The van der Waals surface area contributed by atoms with E-state index in [9.17, 15) is 9.59 Å². The second-order valence-corrected chi connectivity index (χ2v) is 4.84. The minimum Gasteiger partial charge on any atom is -0.467 e. The molecule has 3 N–H and O–H groups in total. The van der Waals surface area contributed by atoms with Gasteiger partial charge in [-0.3, -0.25) is 4.79 Å². The molecule has 3 amide bonds. The van der Waals surface area contributed by atoms with Crippen LogP contribution in [0.4, 0.5) is 4.79 Å². The van der Waals surface area contributed by atoms with E-state index < -0.39 is 11.9 Å². The quantitative estimate of drug-likeness (QED) is 0.556. The number of carbonyl (C=O) groups is 2. The summed E-state index contributed by atoms with van der Waals surface area (Å²) in [5, 5.41) is 9.25. The van der Waals surface area contributed by atoms with Crippen molar-refractivity contribution in [1.82, 2.24) is 16.1 Å². The zero-order chi connectivity index (χ0) is 16.5. The Kier molecular flexibility index (Phi) is 6.19. The normalized spacial score (nSPS) is 10.5. The summed E-state index contributed by atoms with van der Waals surface area (Å²) in [4.78, 5) is 23.0. The van der Waals surface area contributed by atoms with Gasteiger partial charge in [-0.25, -0.2) is 10.2 Å². The van der Waals surface area contributed by atoms with Gasteiger partial charge in [0.1, 0.15) is 12.3 Å². The summed E-state index contributed by atoms with van der Waals surface area (Å²) in [6, 6.07) is 10.1. The van der Waals surface area contributed by atoms with E-state index in [0.717, 1.165) is 0 Å². The summed E-state index contributed by atoms with van der Waals surface area (Å²) >= 11 is 5.94. The van der Waals surface area contributed by atoms with Crippen LogP contribution < -0.4 is 16.1 Å². The Morgan fingerprint density at radius 1 is 1.17 bits per heavy atom. The molecule has 2 aromatic rings. The first-order valence-electron chi connectivity index (χ1n) is 6.75. The number of rotatable bonds is 6. The molecule has 0 spiro atoms. The highest BCUT2D eigenvalue weighted by atomic mass is 35.5. The highest BCUT2D eigenvalue weighted by Gasteiger charge is 2.05. The number of hydrazone groups is 1. The largest absolute Gasteiger partial charge is 0.467 e. The Balaban J connectivity index is 1.66. The van der Waals surface area contributed by atoms with E-state index in [1.165, 1.54) is 12.5 Å². The molecule has 0 aliphatic rings. The van der Waals surface area contributed by atoms with Crippen LogP contribution in [0.5, 0.6) is 0 Å². The van der Waals surface area contributed by atoms with Crippen LogP contribution in [-0.2, 0) is 11.3 Å². The van der Waals surface area contributed by atoms with Crippen molar-refractivity contribution in [2.24, 2.45) is 5.10 Å². The molecular formula is C15H15ClN4O3. The molecule has 0 saturated heterocycles. The van der Waals surface area contributed by atoms with Crippen molar-refractivity contribution in [1.29, 1.82) is 0 Å². The predicted octanol–water partition coefficient (Wildman–Crippen LogP) is 1.88. The van der Waals surface area contributed by atoms with Crippen molar-refractivity contribution < 1.29 is 14.0 Å². The fourth-order valence-corrected chi connectivity index (χ4v) is 1.78. The lowest BCUT2D eigenvalue weighted by molar-refractivity contribution is -0.120. The topological polar surface area (TPSA) is 95.7 Å². The first-order valence-corrected chi connectivity index (χ1v) is 7.13. The number of halogens is 1. The number of amides is 3. The Morgan fingerprint density at radius 3 is 2.74 bits per heavy atom. The van der Waals surface area contributed by atoms with Crippen LogP contribution in [0.15, 0.2) is 52.2 Å². The van der Waals surface area contributed by atoms with Crippen LogP contribution in [0.1, 0.15) is 11.3 Å². The van der Waals surface area contributed by atoms with E-state index in [1.807, 2.05) is 0 Å². The third-order valence-corrected chi connectivity index (χ3v) is 3.06. The molecule has 0 saturated carbocycles. The maximum atomic E-state index is 11.5. The number of furan rings is 1. The Labute approximate surface area is 137 Å². The highest BCUT2D eigenvalue weighted by molar-refractivity contribution is 6.33. The summed E-state index contributed by atoms with van der Waals surface area (Å²) in [6.07, 6.45) is 2.94. The zero-order valence-corrected chi connectivity index (χ0v) is 12.8. The van der Waals surface area contributed by atoms with Gasteiger partial charge in [0.25, 0.3) is 5.91 Å². The molecule has 120 valence electrons. The molecule has 0 radical (unpaired) electrons. The second-order valence-electron chi connectivity index (χ2n) is 4.43. The Hall–Kier alpha value is -2.80. The van der Waals surface area contributed by atoms with Gasteiger partial charge in [-0.2, -0.15) is 5.10 Å². The summed E-state index contributed by atoms with van der Waals surface area (Å²) in [7, 11) is 0. The van der Waals surface area contributed by atoms with Crippen LogP contribution >= 0.6 is 11.6 Å². The van der Waals surface area contributed by atoms with Crippen LogP contribution in [-0.4, -0.2) is 24.7 Å². The van der Waals surface area contributed by atoms with Gasteiger partial charge < -0.3 is 15.1 Å². The number of nitrogens with one attached hydrogen (secondary N) is 3. The van der Waals surface area contributed by atoms with Gasteiger partial charge in [-0.1, -0.05) is 29.8 Å². The minimum atomic E-state index is -0.480. The molecule has 8 heteroatoms. The van der Waals surface area contributed by atoms with Gasteiger partial charge >= 0.3 is 6.03 Å². The van der Waals surface area contributed by atoms with Gasteiger partial charge in [-0.05, 0) is 18.2 Å². The first kappa shape index (κ1) is 16.6. The van der Waals surface area contributed by atoms with Gasteiger partial charge in [-0.15, -0.1) is 0 Å². The van der Waals surface area contributed by atoms with E-state index in [0.29, 0.717) is 16.3 Å². The van der Waals surface area contributed by atoms with Crippen molar-refractivity contribution in [2.45, 2.75) is 6.54 Å². The van der Waals surface area contributed by atoms with Gasteiger partial charge in [0.15, 0.2) is 0 Å². The number of hydrogen-bond acceptors (Lipinski definition) is 4. The molecule has 0 aliphatic carbocycles. The van der Waals surface area contributed by atoms with Gasteiger partial charge in [0.05, 0.1) is 19.0 Å². The fraction of sp³-hybridized carbons (Fsp3) is 0.133. The monoisotopic (exact) mass is 334 g/mol. The van der Waals surface area contributed by atoms with Crippen molar-refractivity contribution in [3.63, 3.8) is 0 Å². The van der Waals surface area contributed by atoms with Gasteiger partial charge in [0, 0.05) is 10.6 Å². The summed E-state index contributed by atoms with van der Waals surface area (Å²) < 4.78 is 5.06. The lowest BCUT2D eigenvalue weighted by Gasteiger charge is -2.05. The molecule has 1 aromatic heterocycles. The minimum absolute atomic E-state index is 0.205. The predicted molar refractivity (Wildman–Crippen MR) is 86.1 cm³/mol. The van der Waals surface area contributed by atoms with Crippen molar-refractivity contribution in [3.05, 3.63) is 59.0 Å². The molecule has 0 aliphatic heterocycles. The number of carbonyl (C=O) groups excluding carboxylic acids is 2. The van der Waals surface area contributed by atoms with E-state index in [4.69, 9.17) is 16.0 Å². The third kappa shape index (κ3) is 5.84. The van der Waals surface area contributed by atoms with Crippen LogP contribution in [0.3, 0.4) is 0 Å². The molecule has 2 rings (SSSR count). The standard InChI is InChI=1S/C15H15ClN4O3/c16-13-6-2-1-4-11(13)8-19-20-14(21)10-18-15(22)17-9-12-5-3-7-23-12/h1-8H,9-10H2,(H,20,21)(H2,17,18,22). The van der Waals surface area contributed by atoms with E-state index in [1.54, 1.807) is 36.4 Å².